The molecule has 6 heterocycles. The molecule has 2 aromatic heterocycles. The minimum Gasteiger partial charge on any atom is -0.470 e. The van der Waals surface area contributed by atoms with Crippen molar-refractivity contribution in [3.63, 3.8) is 0 Å². The highest BCUT2D eigenvalue weighted by Gasteiger charge is 2.51. The van der Waals surface area contributed by atoms with Crippen LogP contribution >= 0.6 is 11.3 Å². The first kappa shape index (κ1) is 13.7. The van der Waals surface area contributed by atoms with Crippen LogP contribution < -0.4 is 5.56 Å². The molecule has 0 amide bonds. The van der Waals surface area contributed by atoms with E-state index in [1.807, 2.05) is 0 Å². The second kappa shape index (κ2) is 4.88. The number of hydrogen-bond acceptors (Lipinski definition) is 6. The molecule has 6 rings (SSSR count). The molecule has 7 heteroatoms. The Balaban J connectivity index is 1.36. The fourth-order valence-electron chi connectivity index (χ4n) is 4.13. The quantitative estimate of drug-likeness (QED) is 0.904. The summed E-state index contributed by atoms with van der Waals surface area (Å²) in [5, 5.41) is 0.943. The van der Waals surface area contributed by atoms with E-state index in [1.54, 1.807) is 6.07 Å². The standard InChI is InChI=1S/C16H18N4O2S/c21-12-2-1-11-15(19-12)23-14(18-11)7-13-17-8-16(22-13)9-20-5-3-10(16)4-6-20/h1-2,10H,3-9H2,(H,19,21)/t16-/m0/s1. The number of aromatic nitrogens is 2. The van der Waals surface area contributed by atoms with E-state index in [9.17, 15) is 4.79 Å². The molecule has 0 unspecified atom stereocenters. The van der Waals surface area contributed by atoms with E-state index in [0.29, 0.717) is 12.3 Å². The molecule has 6 nitrogen and oxygen atoms in total. The first-order valence-corrected chi connectivity index (χ1v) is 8.95. The average Bonchev–Trinajstić information content (AvgIpc) is 3.12. The van der Waals surface area contributed by atoms with Crippen molar-refractivity contribution in [3.8, 4) is 0 Å². The van der Waals surface area contributed by atoms with E-state index in [0.717, 1.165) is 34.3 Å². The van der Waals surface area contributed by atoms with Gasteiger partial charge in [0.2, 0.25) is 5.56 Å². The molecule has 0 aliphatic carbocycles. The zero-order valence-corrected chi connectivity index (χ0v) is 13.6. The van der Waals surface area contributed by atoms with Gasteiger partial charge in [0, 0.05) is 18.5 Å². The molecule has 1 atom stereocenters. The molecule has 3 saturated heterocycles. The molecule has 120 valence electrons. The van der Waals surface area contributed by atoms with Crippen LogP contribution in [-0.4, -0.2) is 52.5 Å². The third kappa shape index (κ3) is 2.21. The Morgan fingerprint density at radius 1 is 1.39 bits per heavy atom. The molecule has 2 bridgehead atoms. The van der Waals surface area contributed by atoms with Crippen LogP contribution in [-0.2, 0) is 11.2 Å². The van der Waals surface area contributed by atoms with Crippen LogP contribution in [0.15, 0.2) is 21.9 Å². The van der Waals surface area contributed by atoms with Crippen molar-refractivity contribution in [2.24, 2.45) is 10.9 Å². The van der Waals surface area contributed by atoms with Crippen molar-refractivity contribution >= 4 is 27.6 Å². The van der Waals surface area contributed by atoms with Crippen molar-refractivity contribution in [2.45, 2.75) is 24.9 Å². The van der Waals surface area contributed by atoms with E-state index in [1.165, 1.54) is 43.3 Å². The van der Waals surface area contributed by atoms with Gasteiger partial charge in [0.1, 0.15) is 15.4 Å². The molecule has 0 saturated carbocycles. The Bertz CT molecular complexity index is 849. The average molecular weight is 330 g/mol. The molecule has 1 N–H and O–H groups in total. The van der Waals surface area contributed by atoms with Crippen molar-refractivity contribution in [2.75, 3.05) is 26.2 Å². The highest BCUT2D eigenvalue weighted by atomic mass is 32.1. The molecular weight excluding hydrogens is 312 g/mol. The monoisotopic (exact) mass is 330 g/mol. The topological polar surface area (TPSA) is 70.6 Å². The minimum absolute atomic E-state index is 0.0865. The summed E-state index contributed by atoms with van der Waals surface area (Å²) in [6.45, 7) is 4.20. The van der Waals surface area contributed by atoms with Gasteiger partial charge in [-0.05, 0) is 32.0 Å². The lowest BCUT2D eigenvalue weighted by Crippen LogP contribution is -2.60. The second-order valence-electron chi connectivity index (χ2n) is 6.75. The number of piperidine rings is 3. The SMILES string of the molecule is O=c1ccc2nc(CC3=NC[C@@]4(CN5CCC4CC5)O3)sc2[nH]1. The predicted octanol–water partition coefficient (Wildman–Crippen LogP) is 1.42. The minimum atomic E-state index is -0.0895. The molecule has 4 aliphatic heterocycles. The predicted molar refractivity (Wildman–Crippen MR) is 89.2 cm³/mol. The number of thiazole rings is 1. The number of ether oxygens (including phenoxy) is 1. The van der Waals surface area contributed by atoms with Gasteiger partial charge in [-0.1, -0.05) is 0 Å². The number of rotatable bonds is 2. The second-order valence-corrected chi connectivity index (χ2v) is 7.83. The number of aromatic amines is 1. The van der Waals surface area contributed by atoms with Crippen LogP contribution in [0.4, 0.5) is 0 Å². The normalized spacial score (nSPS) is 32.4. The molecular formula is C16H18N4O2S. The maximum atomic E-state index is 11.4. The van der Waals surface area contributed by atoms with Crippen LogP contribution in [0.2, 0.25) is 0 Å². The van der Waals surface area contributed by atoms with Gasteiger partial charge in [-0.3, -0.25) is 14.7 Å². The number of nitrogens with zero attached hydrogens (tertiary/aromatic N) is 3. The van der Waals surface area contributed by atoms with E-state index in [2.05, 4.69) is 19.9 Å². The van der Waals surface area contributed by atoms with Gasteiger partial charge in [0.15, 0.2) is 5.90 Å². The summed E-state index contributed by atoms with van der Waals surface area (Å²) in [6, 6.07) is 3.28. The largest absolute Gasteiger partial charge is 0.470 e. The lowest BCUT2D eigenvalue weighted by molar-refractivity contribution is -0.0837. The van der Waals surface area contributed by atoms with Crippen molar-refractivity contribution in [3.05, 3.63) is 27.5 Å². The van der Waals surface area contributed by atoms with Gasteiger partial charge in [-0.15, -0.1) is 11.3 Å². The molecule has 4 aliphatic rings. The maximum Gasteiger partial charge on any atom is 0.249 e. The van der Waals surface area contributed by atoms with Gasteiger partial charge < -0.3 is 9.72 Å². The van der Waals surface area contributed by atoms with Gasteiger partial charge >= 0.3 is 0 Å². The number of nitrogens with one attached hydrogen (secondary N) is 1. The highest BCUT2D eigenvalue weighted by molar-refractivity contribution is 7.18. The summed E-state index contributed by atoms with van der Waals surface area (Å²) in [6.07, 6.45) is 3.08. The van der Waals surface area contributed by atoms with E-state index >= 15 is 0 Å². The van der Waals surface area contributed by atoms with Crippen LogP contribution in [0.25, 0.3) is 10.3 Å². The molecule has 0 radical (unpaired) electrons. The molecule has 0 aromatic carbocycles. The van der Waals surface area contributed by atoms with Gasteiger partial charge in [-0.2, -0.15) is 0 Å². The molecule has 3 fully saturated rings. The van der Waals surface area contributed by atoms with Crippen molar-refractivity contribution in [1.82, 2.24) is 14.9 Å². The lowest BCUT2D eigenvalue weighted by atomic mass is 9.75. The zero-order chi connectivity index (χ0) is 15.4. The van der Waals surface area contributed by atoms with Gasteiger partial charge in [0.05, 0.1) is 18.5 Å². The number of pyridine rings is 1. The van der Waals surface area contributed by atoms with E-state index in [4.69, 9.17) is 4.74 Å². The molecule has 1 spiro atoms. The molecule has 2 aromatic rings. The smallest absolute Gasteiger partial charge is 0.249 e. The summed E-state index contributed by atoms with van der Waals surface area (Å²) >= 11 is 1.51. The van der Waals surface area contributed by atoms with Crippen molar-refractivity contribution < 1.29 is 4.74 Å². The summed E-state index contributed by atoms with van der Waals surface area (Å²) < 4.78 is 6.35. The molecule has 23 heavy (non-hydrogen) atoms. The number of hydrogen-bond donors (Lipinski definition) is 1. The van der Waals surface area contributed by atoms with Crippen LogP contribution in [0.1, 0.15) is 17.8 Å². The fourth-order valence-corrected chi connectivity index (χ4v) is 5.07. The fraction of sp³-hybridized carbons (Fsp3) is 0.562. The van der Waals surface area contributed by atoms with Crippen LogP contribution in [0.3, 0.4) is 0 Å². The number of aliphatic imine (C=N–C) groups is 1. The summed E-state index contributed by atoms with van der Waals surface area (Å²) in [4.78, 5) is 26.8. The van der Waals surface area contributed by atoms with Crippen LogP contribution in [0, 0.1) is 5.92 Å². The summed E-state index contributed by atoms with van der Waals surface area (Å²) in [7, 11) is 0. The Hall–Kier alpha value is -1.73. The third-order valence-corrected chi connectivity index (χ3v) is 6.28. The van der Waals surface area contributed by atoms with Gasteiger partial charge in [-0.25, -0.2) is 4.98 Å². The third-order valence-electron chi connectivity index (χ3n) is 5.30. The number of H-pyrrole nitrogens is 1. The van der Waals surface area contributed by atoms with E-state index in [-0.39, 0.29) is 11.2 Å². The Morgan fingerprint density at radius 2 is 2.26 bits per heavy atom. The summed E-state index contributed by atoms with van der Waals surface area (Å²) in [5.41, 5.74) is 0.658. The Morgan fingerprint density at radius 3 is 3.04 bits per heavy atom. The summed E-state index contributed by atoms with van der Waals surface area (Å²) in [5.74, 6) is 1.45. The highest BCUT2D eigenvalue weighted by Crippen LogP contribution is 2.41. The van der Waals surface area contributed by atoms with E-state index < -0.39 is 0 Å². The Kier molecular flexibility index (Phi) is 2.90. The zero-order valence-electron chi connectivity index (χ0n) is 12.7. The first-order chi connectivity index (χ1) is 11.2. The Labute approximate surface area is 137 Å². The van der Waals surface area contributed by atoms with Crippen molar-refractivity contribution in [1.29, 1.82) is 0 Å². The van der Waals surface area contributed by atoms with Gasteiger partial charge in [0.25, 0.3) is 0 Å². The maximum absolute atomic E-state index is 11.4. The van der Waals surface area contributed by atoms with Crippen LogP contribution in [0.5, 0.6) is 0 Å². The lowest BCUT2D eigenvalue weighted by Gasteiger charge is -2.50. The first-order valence-electron chi connectivity index (χ1n) is 8.14. The number of fused-ring (bicyclic) bond motifs is 3.